The first-order valence-electron chi connectivity index (χ1n) is 3.01. The zero-order chi connectivity index (χ0) is 7.28. The first kappa shape index (κ1) is 8.46. The van der Waals surface area contributed by atoms with Gasteiger partial charge in [-0.25, -0.2) is 5.43 Å². The molecule has 2 N–H and O–H groups in total. The number of hydrogen-bond acceptors (Lipinski definition) is 3. The van der Waals surface area contributed by atoms with Gasteiger partial charge in [-0.15, -0.1) is 0 Å². The van der Waals surface area contributed by atoms with Gasteiger partial charge < -0.3 is 5.01 Å². The molecule has 0 aromatic rings. The molecule has 3 nitrogen and oxygen atoms in total. The molecule has 3 heteroatoms. The van der Waals surface area contributed by atoms with Crippen molar-refractivity contribution >= 4 is 0 Å². The van der Waals surface area contributed by atoms with E-state index in [-0.39, 0.29) is 0 Å². The van der Waals surface area contributed by atoms with Crippen LogP contribution in [0.15, 0.2) is 11.8 Å². The first-order chi connectivity index (χ1) is 4.22. The predicted molar refractivity (Wildman–Crippen MR) is 39.4 cm³/mol. The Labute approximate surface area is 56.7 Å². The van der Waals surface area contributed by atoms with Crippen LogP contribution in [0.3, 0.4) is 0 Å². The first-order valence-corrected chi connectivity index (χ1v) is 3.01. The number of nitrogens with zero attached hydrogens (tertiary/aromatic N) is 1. The average Bonchev–Trinajstić information content (AvgIpc) is 1.87. The molecule has 9 heavy (non-hydrogen) atoms. The summed E-state index contributed by atoms with van der Waals surface area (Å²) in [6.45, 7) is 4.04. The standard InChI is InChI=1S/C6H15N3/c1-5-6(2)9(4)8-7-3/h5,7-8H,1-4H3. The Hall–Kier alpha value is -0.540. The lowest BCUT2D eigenvalue weighted by atomic mass is 10.4. The Balaban J connectivity index is 3.59. The average molecular weight is 129 g/mol. The van der Waals surface area contributed by atoms with Crippen molar-refractivity contribution in [2.45, 2.75) is 13.8 Å². The summed E-state index contributed by atoms with van der Waals surface area (Å²) in [7, 11) is 3.78. The molecular weight excluding hydrogens is 114 g/mol. The highest BCUT2D eigenvalue weighted by atomic mass is 15.7. The number of rotatable bonds is 3. The van der Waals surface area contributed by atoms with Crippen LogP contribution in [-0.4, -0.2) is 19.1 Å². The van der Waals surface area contributed by atoms with Crippen LogP contribution in [0.2, 0.25) is 0 Å². The Bertz CT molecular complexity index is 98.5. The van der Waals surface area contributed by atoms with E-state index in [9.17, 15) is 0 Å². The van der Waals surface area contributed by atoms with Gasteiger partial charge in [0.2, 0.25) is 0 Å². The zero-order valence-electron chi connectivity index (χ0n) is 6.52. The maximum absolute atomic E-state index is 2.91. The maximum atomic E-state index is 2.91. The van der Waals surface area contributed by atoms with Crippen molar-refractivity contribution in [3.8, 4) is 0 Å². The number of hydrogen-bond donors (Lipinski definition) is 2. The van der Waals surface area contributed by atoms with Crippen molar-refractivity contribution in [1.82, 2.24) is 16.0 Å². The number of nitrogens with one attached hydrogen (secondary N) is 2. The van der Waals surface area contributed by atoms with E-state index in [1.165, 1.54) is 5.70 Å². The topological polar surface area (TPSA) is 27.3 Å². The molecule has 0 aliphatic carbocycles. The molecule has 0 atom stereocenters. The van der Waals surface area contributed by atoms with Crippen LogP contribution in [0, 0.1) is 0 Å². The third-order valence-corrected chi connectivity index (χ3v) is 1.23. The van der Waals surface area contributed by atoms with E-state index >= 15 is 0 Å². The zero-order valence-corrected chi connectivity index (χ0v) is 6.52. The van der Waals surface area contributed by atoms with Gasteiger partial charge in [-0.05, 0) is 13.8 Å². The lowest BCUT2D eigenvalue weighted by molar-refractivity contribution is 0.260. The Morgan fingerprint density at radius 3 is 2.44 bits per heavy atom. The van der Waals surface area contributed by atoms with Gasteiger partial charge in [-0.1, -0.05) is 6.08 Å². The van der Waals surface area contributed by atoms with E-state index in [4.69, 9.17) is 0 Å². The van der Waals surface area contributed by atoms with E-state index in [1.54, 1.807) is 0 Å². The monoisotopic (exact) mass is 129 g/mol. The molecule has 0 saturated heterocycles. The van der Waals surface area contributed by atoms with Crippen LogP contribution < -0.4 is 11.0 Å². The highest BCUT2D eigenvalue weighted by Gasteiger charge is 1.91. The second-order valence-corrected chi connectivity index (χ2v) is 1.85. The number of allylic oxidation sites excluding steroid dienone is 2. The minimum absolute atomic E-state index is 1.18. The van der Waals surface area contributed by atoms with Crippen molar-refractivity contribution < 1.29 is 0 Å². The Morgan fingerprint density at radius 1 is 1.56 bits per heavy atom. The van der Waals surface area contributed by atoms with Crippen molar-refractivity contribution in [2.24, 2.45) is 0 Å². The highest BCUT2D eigenvalue weighted by molar-refractivity contribution is 4.91. The molecule has 0 rings (SSSR count). The lowest BCUT2D eigenvalue weighted by Gasteiger charge is -2.19. The third-order valence-electron chi connectivity index (χ3n) is 1.23. The Kier molecular flexibility index (Phi) is 4.09. The summed E-state index contributed by atoms with van der Waals surface area (Å²) in [5, 5.41) is 1.90. The quantitative estimate of drug-likeness (QED) is 0.543. The molecule has 54 valence electrons. The van der Waals surface area contributed by atoms with Gasteiger partial charge in [-0.2, -0.15) is 5.53 Å². The minimum atomic E-state index is 1.18. The molecule has 0 fully saturated rings. The van der Waals surface area contributed by atoms with Gasteiger partial charge in [0, 0.05) is 19.8 Å². The summed E-state index contributed by atoms with van der Waals surface area (Å²) >= 11 is 0. The fraction of sp³-hybridized carbons (Fsp3) is 0.667. The molecule has 0 amide bonds. The highest BCUT2D eigenvalue weighted by Crippen LogP contribution is 1.92. The van der Waals surface area contributed by atoms with Crippen molar-refractivity contribution in [3.05, 3.63) is 11.8 Å². The fourth-order valence-corrected chi connectivity index (χ4v) is 0.450. The normalized spacial score (nSPS) is 11.8. The van der Waals surface area contributed by atoms with Gasteiger partial charge in [-0.3, -0.25) is 0 Å². The van der Waals surface area contributed by atoms with Gasteiger partial charge in [0.15, 0.2) is 0 Å². The van der Waals surface area contributed by atoms with E-state index in [0.29, 0.717) is 0 Å². The molecule has 0 bridgehead atoms. The van der Waals surface area contributed by atoms with Gasteiger partial charge >= 0.3 is 0 Å². The van der Waals surface area contributed by atoms with Crippen LogP contribution >= 0.6 is 0 Å². The summed E-state index contributed by atoms with van der Waals surface area (Å²) in [6, 6.07) is 0. The van der Waals surface area contributed by atoms with Crippen LogP contribution in [0.25, 0.3) is 0 Å². The molecule has 0 aromatic heterocycles. The van der Waals surface area contributed by atoms with Gasteiger partial charge in [0.05, 0.1) is 0 Å². The summed E-state index contributed by atoms with van der Waals surface area (Å²) in [4.78, 5) is 0. The second kappa shape index (κ2) is 4.35. The third kappa shape index (κ3) is 3.11. The predicted octanol–water partition coefficient (Wildman–Crippen LogP) is 0.481. The Morgan fingerprint density at radius 2 is 2.11 bits per heavy atom. The van der Waals surface area contributed by atoms with Crippen LogP contribution in [0.1, 0.15) is 13.8 Å². The fourth-order valence-electron chi connectivity index (χ4n) is 0.450. The maximum Gasteiger partial charge on any atom is 0.0241 e. The molecule has 0 radical (unpaired) electrons. The molecule has 0 aliphatic heterocycles. The van der Waals surface area contributed by atoms with Gasteiger partial charge in [0.1, 0.15) is 0 Å². The number of hydrazine groups is 2. The summed E-state index contributed by atoms with van der Waals surface area (Å²) in [5.74, 6) is 0. The lowest BCUT2D eigenvalue weighted by Crippen LogP contribution is -2.41. The van der Waals surface area contributed by atoms with Gasteiger partial charge in [0.25, 0.3) is 0 Å². The van der Waals surface area contributed by atoms with Crippen LogP contribution in [0.4, 0.5) is 0 Å². The molecule has 0 aliphatic rings. The summed E-state index contributed by atoms with van der Waals surface area (Å²) in [6.07, 6.45) is 2.03. The largest absolute Gasteiger partial charge is 0.303 e. The summed E-state index contributed by atoms with van der Waals surface area (Å²) in [5.41, 5.74) is 6.91. The molecule has 0 unspecified atom stereocenters. The van der Waals surface area contributed by atoms with Crippen molar-refractivity contribution in [3.63, 3.8) is 0 Å². The molecule has 0 saturated carbocycles. The summed E-state index contributed by atoms with van der Waals surface area (Å²) < 4.78 is 0. The second-order valence-electron chi connectivity index (χ2n) is 1.85. The molecular formula is C6H15N3. The van der Waals surface area contributed by atoms with E-state index < -0.39 is 0 Å². The van der Waals surface area contributed by atoms with Crippen molar-refractivity contribution in [2.75, 3.05) is 14.1 Å². The SMILES string of the molecule is CC=C(C)N(C)NNC. The van der Waals surface area contributed by atoms with E-state index in [2.05, 4.69) is 11.0 Å². The smallest absolute Gasteiger partial charge is 0.0241 e. The van der Waals surface area contributed by atoms with Crippen molar-refractivity contribution in [1.29, 1.82) is 0 Å². The van der Waals surface area contributed by atoms with E-state index in [1.807, 2.05) is 39.0 Å². The van der Waals surface area contributed by atoms with Crippen LogP contribution in [0.5, 0.6) is 0 Å². The molecule has 0 aromatic carbocycles. The minimum Gasteiger partial charge on any atom is -0.303 e. The van der Waals surface area contributed by atoms with Crippen LogP contribution in [-0.2, 0) is 0 Å². The van der Waals surface area contributed by atoms with E-state index in [0.717, 1.165) is 0 Å². The molecule has 0 spiro atoms. The molecule has 0 heterocycles.